The van der Waals surface area contributed by atoms with Crippen LogP contribution in [0.15, 0.2) is 176 Å². The van der Waals surface area contributed by atoms with Crippen molar-refractivity contribution in [1.82, 2.24) is 0 Å². The lowest BCUT2D eigenvalue weighted by Crippen LogP contribution is -2.34. The van der Waals surface area contributed by atoms with Gasteiger partial charge in [0, 0.05) is 16.8 Å². The molecule has 0 N–H and O–H groups in total. The molecule has 4 aliphatic carbocycles. The van der Waals surface area contributed by atoms with Gasteiger partial charge in [0.15, 0.2) is 0 Å². The van der Waals surface area contributed by atoms with E-state index in [0.29, 0.717) is 0 Å². The monoisotopic (exact) mass is 799 g/mol. The van der Waals surface area contributed by atoms with Crippen LogP contribution in [-0.2, 0) is 29.1 Å². The van der Waals surface area contributed by atoms with Crippen molar-refractivity contribution in [2.45, 2.75) is 82.5 Å². The Labute approximate surface area is 367 Å². The highest BCUT2D eigenvalue weighted by Crippen LogP contribution is 2.65. The Morgan fingerprint density at radius 1 is 0.403 bits per heavy atom. The number of anilines is 3. The fourth-order valence-corrected chi connectivity index (χ4v) is 12.4. The van der Waals surface area contributed by atoms with Crippen LogP contribution in [0.1, 0.15) is 97.9 Å². The first kappa shape index (κ1) is 37.3. The van der Waals surface area contributed by atoms with Gasteiger partial charge in [0.2, 0.25) is 0 Å². The summed E-state index contributed by atoms with van der Waals surface area (Å²) in [6, 6.07) is 67.6. The number of nitrogens with zero attached hydrogens (tertiary/aromatic N) is 1. The number of benzene rings is 8. The van der Waals surface area contributed by atoms with Crippen molar-refractivity contribution in [2.75, 3.05) is 4.90 Å². The predicted octanol–water partition coefficient (Wildman–Crippen LogP) is 16.1. The van der Waals surface area contributed by atoms with Gasteiger partial charge in [-0.3, -0.25) is 0 Å². The molecule has 0 aliphatic heterocycles. The lowest BCUT2D eigenvalue weighted by atomic mass is 9.61. The molecule has 12 rings (SSSR count). The molecule has 62 heavy (non-hydrogen) atoms. The van der Waals surface area contributed by atoms with Crippen LogP contribution in [-0.4, -0.2) is 0 Å². The molecule has 0 atom stereocenters. The molecule has 8 aromatic rings. The Morgan fingerprint density at radius 3 is 1.63 bits per heavy atom. The van der Waals surface area contributed by atoms with E-state index >= 15 is 0 Å². The highest BCUT2D eigenvalue weighted by Gasteiger charge is 2.52. The van der Waals surface area contributed by atoms with Crippen molar-refractivity contribution in [3.8, 4) is 44.5 Å². The van der Waals surface area contributed by atoms with Crippen molar-refractivity contribution < 1.29 is 0 Å². The Kier molecular flexibility index (Phi) is 8.30. The molecule has 0 saturated heterocycles. The van der Waals surface area contributed by atoms with Crippen molar-refractivity contribution >= 4 is 17.1 Å². The number of aryl methyl sites for hydroxylation is 1. The maximum Gasteiger partial charge on any atom is 0.0726 e. The molecule has 0 bridgehead atoms. The summed E-state index contributed by atoms with van der Waals surface area (Å²) in [7, 11) is 0. The van der Waals surface area contributed by atoms with Gasteiger partial charge in [-0.05, 0) is 152 Å². The smallest absolute Gasteiger partial charge is 0.0726 e. The van der Waals surface area contributed by atoms with E-state index in [0.717, 1.165) is 19.3 Å². The van der Waals surface area contributed by atoms with Gasteiger partial charge in [0.1, 0.15) is 0 Å². The van der Waals surface area contributed by atoms with E-state index in [1.807, 2.05) is 0 Å². The summed E-state index contributed by atoms with van der Waals surface area (Å²) in [6.07, 6.45) is 6.92. The summed E-state index contributed by atoms with van der Waals surface area (Å²) in [4.78, 5) is 2.70. The van der Waals surface area contributed by atoms with Crippen LogP contribution in [0.5, 0.6) is 0 Å². The van der Waals surface area contributed by atoms with Crippen LogP contribution >= 0.6 is 0 Å². The summed E-state index contributed by atoms with van der Waals surface area (Å²) in [5.41, 5.74) is 25.3. The first-order chi connectivity index (χ1) is 30.3. The summed E-state index contributed by atoms with van der Waals surface area (Å²) >= 11 is 0. The predicted molar refractivity (Wildman–Crippen MR) is 260 cm³/mol. The van der Waals surface area contributed by atoms with Crippen LogP contribution in [0.4, 0.5) is 17.1 Å². The Bertz CT molecular complexity index is 3030. The zero-order valence-electron chi connectivity index (χ0n) is 36.4. The van der Waals surface area contributed by atoms with Gasteiger partial charge in [0.05, 0.1) is 16.8 Å². The number of hydrogen-bond acceptors (Lipinski definition) is 1. The second kappa shape index (κ2) is 13.8. The summed E-state index contributed by atoms with van der Waals surface area (Å²) in [6.45, 7) is 9.90. The highest BCUT2D eigenvalue weighted by atomic mass is 15.2. The van der Waals surface area contributed by atoms with Crippen LogP contribution in [0, 0.1) is 0 Å². The highest BCUT2D eigenvalue weighted by molar-refractivity contribution is 6.02. The van der Waals surface area contributed by atoms with Gasteiger partial charge < -0.3 is 4.90 Å². The average Bonchev–Trinajstić information content (AvgIpc) is 3.78. The Balaban J connectivity index is 1.27. The molecule has 0 saturated carbocycles. The van der Waals surface area contributed by atoms with E-state index in [9.17, 15) is 0 Å². The molecule has 0 unspecified atom stereocenters. The van der Waals surface area contributed by atoms with Crippen molar-refractivity contribution in [3.63, 3.8) is 0 Å². The molecule has 0 heterocycles. The molecule has 1 spiro atoms. The lowest BCUT2D eigenvalue weighted by Gasteiger charge is -2.43. The summed E-state index contributed by atoms with van der Waals surface area (Å²) < 4.78 is 0. The van der Waals surface area contributed by atoms with Crippen molar-refractivity contribution in [3.05, 3.63) is 220 Å². The Hall–Kier alpha value is -6.44. The molecule has 1 heteroatoms. The molecule has 8 aromatic carbocycles. The summed E-state index contributed by atoms with van der Waals surface area (Å²) in [5.74, 6) is 0. The molecule has 1 nitrogen and oxygen atoms in total. The van der Waals surface area contributed by atoms with Gasteiger partial charge in [-0.1, -0.05) is 179 Å². The molecule has 0 fully saturated rings. The quantitative estimate of drug-likeness (QED) is 0.168. The molecular formula is C61H53N. The second-order valence-corrected chi connectivity index (χ2v) is 19.6. The zero-order valence-corrected chi connectivity index (χ0v) is 36.4. The first-order valence-corrected chi connectivity index (χ1v) is 22.9. The third-order valence-electron chi connectivity index (χ3n) is 15.3. The average molecular weight is 800 g/mol. The maximum absolute atomic E-state index is 2.70. The third kappa shape index (κ3) is 5.27. The number of fused-ring (bicyclic) bond motifs is 12. The van der Waals surface area contributed by atoms with E-state index < -0.39 is 5.41 Å². The molecule has 0 aromatic heterocycles. The lowest BCUT2D eigenvalue weighted by molar-refractivity contribution is 0.333. The first-order valence-electron chi connectivity index (χ1n) is 22.9. The van der Waals surface area contributed by atoms with Gasteiger partial charge in [-0.15, -0.1) is 0 Å². The van der Waals surface area contributed by atoms with Gasteiger partial charge in [0.25, 0.3) is 0 Å². The fourth-order valence-electron chi connectivity index (χ4n) is 12.4. The zero-order chi connectivity index (χ0) is 41.8. The normalized spacial score (nSPS) is 16.7. The van der Waals surface area contributed by atoms with Crippen molar-refractivity contribution in [2.24, 2.45) is 0 Å². The van der Waals surface area contributed by atoms with Crippen molar-refractivity contribution in [1.29, 1.82) is 0 Å². The van der Waals surface area contributed by atoms with Gasteiger partial charge in [-0.25, -0.2) is 0 Å². The number of hydrogen-bond donors (Lipinski definition) is 0. The Morgan fingerprint density at radius 2 is 0.952 bits per heavy atom. The minimum absolute atomic E-state index is 0.00111. The van der Waals surface area contributed by atoms with Crippen LogP contribution in [0.3, 0.4) is 0 Å². The van der Waals surface area contributed by atoms with E-state index in [4.69, 9.17) is 0 Å². The minimum atomic E-state index is -0.468. The molecule has 0 amide bonds. The minimum Gasteiger partial charge on any atom is -0.309 e. The second-order valence-electron chi connectivity index (χ2n) is 19.6. The fraction of sp³-hybridized carbons (Fsp3) is 0.213. The van der Waals surface area contributed by atoms with E-state index in [2.05, 4.69) is 209 Å². The SMILES string of the molecule is CC1(C)CCC(C)(C)c2c(-c3cc4c(cc3N(c3ccccc3)c3c(-c5ccccc5)ccc5c3CCCC5)C3(c5ccccc5-c5ccccc53)c3ccccc3-4)cccc21. The molecular weight excluding hydrogens is 747 g/mol. The largest absolute Gasteiger partial charge is 0.309 e. The number of para-hydroxylation sites is 1. The molecule has 4 aliphatic rings. The maximum atomic E-state index is 2.70. The van der Waals surface area contributed by atoms with E-state index in [-0.39, 0.29) is 10.8 Å². The summed E-state index contributed by atoms with van der Waals surface area (Å²) in [5, 5.41) is 0. The molecule has 0 radical (unpaired) electrons. The third-order valence-corrected chi connectivity index (χ3v) is 15.3. The van der Waals surface area contributed by atoms with Crippen LogP contribution in [0.2, 0.25) is 0 Å². The van der Waals surface area contributed by atoms with E-state index in [1.165, 1.54) is 125 Å². The van der Waals surface area contributed by atoms with Crippen LogP contribution < -0.4 is 4.90 Å². The van der Waals surface area contributed by atoms with Crippen LogP contribution in [0.25, 0.3) is 44.5 Å². The molecule has 302 valence electrons. The van der Waals surface area contributed by atoms with Gasteiger partial charge in [-0.2, -0.15) is 0 Å². The van der Waals surface area contributed by atoms with Gasteiger partial charge >= 0.3 is 0 Å². The van der Waals surface area contributed by atoms with E-state index in [1.54, 1.807) is 0 Å². The standard InChI is InChI=1S/C61H53N/c1-59(2)36-37-60(3,4)57-48(29-19-33-54(57)59)50-38-49-47-28-15-18-32-53(47)61(51-30-16-13-26-45(51)46-27-14-17-31-52(46)61)55(49)39-56(50)62(42-23-9-6-10-24-42)58-43-25-12-11-22-41(43)34-35-44(58)40-20-7-5-8-21-40/h5-10,13-21,23-24,26-35,38-39H,11-12,22,25,36-37H2,1-4H3. The number of rotatable bonds is 5. The topological polar surface area (TPSA) is 3.24 Å².